The second-order valence-corrected chi connectivity index (χ2v) is 3.84. The van der Waals surface area contributed by atoms with Gasteiger partial charge in [-0.2, -0.15) is 0 Å². The molecule has 94 valence electrons. The molecular formula is C12H17NO4. The highest BCUT2D eigenvalue weighted by Crippen LogP contribution is 2.17. The van der Waals surface area contributed by atoms with Gasteiger partial charge in [0.25, 0.3) is 5.91 Å². The third-order valence-corrected chi connectivity index (χ3v) is 2.26. The Bertz CT molecular complexity index is 392. The maximum atomic E-state index is 11.7. The molecule has 0 heterocycles. The largest absolute Gasteiger partial charge is 0.507 e. The molecule has 0 radical (unpaired) electrons. The quantitative estimate of drug-likeness (QED) is 0.696. The first-order chi connectivity index (χ1) is 8.04. The molecule has 5 heteroatoms. The molecule has 0 saturated heterocycles. The molecule has 0 aliphatic rings. The Labute approximate surface area is 100 Å². The molecule has 0 fully saturated rings. The van der Waals surface area contributed by atoms with Crippen LogP contribution in [0.1, 0.15) is 15.9 Å². The Morgan fingerprint density at radius 3 is 2.82 bits per heavy atom. The van der Waals surface area contributed by atoms with Crippen molar-refractivity contribution in [3.8, 4) is 5.75 Å². The van der Waals surface area contributed by atoms with Crippen molar-refractivity contribution in [2.24, 2.45) is 0 Å². The van der Waals surface area contributed by atoms with Crippen LogP contribution >= 0.6 is 0 Å². The topological polar surface area (TPSA) is 78.8 Å². The van der Waals surface area contributed by atoms with Gasteiger partial charge < -0.3 is 20.3 Å². The summed E-state index contributed by atoms with van der Waals surface area (Å²) < 4.78 is 4.73. The smallest absolute Gasteiger partial charge is 0.255 e. The Kier molecular flexibility index (Phi) is 4.93. The number of aromatic hydroxyl groups is 1. The molecule has 5 nitrogen and oxygen atoms in total. The molecule has 1 aromatic rings. The van der Waals surface area contributed by atoms with Gasteiger partial charge in [0.2, 0.25) is 0 Å². The molecule has 17 heavy (non-hydrogen) atoms. The summed E-state index contributed by atoms with van der Waals surface area (Å²) in [5.41, 5.74) is 1.07. The number of phenolic OH excluding ortho intramolecular Hbond substituents is 1. The lowest BCUT2D eigenvalue weighted by molar-refractivity contribution is 0.0609. The summed E-state index contributed by atoms with van der Waals surface area (Å²) >= 11 is 0. The number of aliphatic hydroxyl groups excluding tert-OH is 1. The van der Waals surface area contributed by atoms with E-state index in [-0.39, 0.29) is 24.5 Å². The highest BCUT2D eigenvalue weighted by atomic mass is 16.5. The van der Waals surface area contributed by atoms with Gasteiger partial charge in [-0.15, -0.1) is 0 Å². The minimum absolute atomic E-state index is 0.0660. The summed E-state index contributed by atoms with van der Waals surface area (Å²) in [6.07, 6.45) is -0.753. The molecular weight excluding hydrogens is 222 g/mol. The van der Waals surface area contributed by atoms with Crippen LogP contribution in [0.25, 0.3) is 0 Å². The van der Waals surface area contributed by atoms with E-state index >= 15 is 0 Å². The van der Waals surface area contributed by atoms with Crippen molar-refractivity contribution < 1.29 is 19.7 Å². The Morgan fingerprint density at radius 2 is 2.24 bits per heavy atom. The number of hydrogen-bond acceptors (Lipinski definition) is 4. The first-order valence-electron chi connectivity index (χ1n) is 5.29. The van der Waals surface area contributed by atoms with Crippen molar-refractivity contribution in [3.05, 3.63) is 29.3 Å². The van der Waals surface area contributed by atoms with Gasteiger partial charge in [-0.25, -0.2) is 0 Å². The number of methoxy groups -OCH3 is 1. The zero-order chi connectivity index (χ0) is 12.8. The highest BCUT2D eigenvalue weighted by molar-refractivity contribution is 5.96. The van der Waals surface area contributed by atoms with E-state index in [9.17, 15) is 15.0 Å². The van der Waals surface area contributed by atoms with Crippen molar-refractivity contribution in [3.63, 3.8) is 0 Å². The number of rotatable bonds is 5. The lowest BCUT2D eigenvalue weighted by atomic mass is 10.1. The van der Waals surface area contributed by atoms with E-state index in [2.05, 4.69) is 5.32 Å². The molecule has 1 aromatic carbocycles. The summed E-state index contributed by atoms with van der Waals surface area (Å²) in [4.78, 5) is 11.7. The molecule has 3 N–H and O–H groups in total. The molecule has 0 saturated carbocycles. The normalized spacial score (nSPS) is 12.2. The molecule has 0 aliphatic carbocycles. The van der Waals surface area contributed by atoms with Crippen LogP contribution in [0.4, 0.5) is 0 Å². The average molecular weight is 239 g/mol. The van der Waals surface area contributed by atoms with Crippen molar-refractivity contribution in [2.45, 2.75) is 13.0 Å². The van der Waals surface area contributed by atoms with E-state index in [1.165, 1.54) is 13.2 Å². The maximum Gasteiger partial charge on any atom is 0.255 e. The third kappa shape index (κ3) is 4.05. The molecule has 1 rings (SSSR count). The average Bonchev–Trinajstić information content (AvgIpc) is 2.26. The number of aliphatic hydroxyl groups is 1. The van der Waals surface area contributed by atoms with E-state index in [4.69, 9.17) is 4.74 Å². The van der Waals surface area contributed by atoms with Gasteiger partial charge in [0.1, 0.15) is 5.75 Å². The fraction of sp³-hybridized carbons (Fsp3) is 0.417. The number of carbonyl (C=O) groups excluding carboxylic acids is 1. The number of aryl methyl sites for hydroxylation is 1. The van der Waals surface area contributed by atoms with Crippen molar-refractivity contribution in [2.75, 3.05) is 20.3 Å². The Balaban J connectivity index is 2.58. The minimum atomic E-state index is -0.753. The van der Waals surface area contributed by atoms with Gasteiger partial charge in [0.15, 0.2) is 0 Å². The highest BCUT2D eigenvalue weighted by Gasteiger charge is 2.12. The van der Waals surface area contributed by atoms with E-state index in [0.29, 0.717) is 0 Å². The lowest BCUT2D eigenvalue weighted by Gasteiger charge is -2.11. The molecule has 1 unspecified atom stereocenters. The van der Waals surface area contributed by atoms with Gasteiger partial charge in [0.05, 0.1) is 18.3 Å². The molecule has 0 aromatic heterocycles. The second kappa shape index (κ2) is 6.22. The van der Waals surface area contributed by atoms with E-state index < -0.39 is 12.0 Å². The standard InChI is InChI=1S/C12H17NO4/c1-8-3-4-10(11(15)5-8)12(16)13-6-9(14)7-17-2/h3-5,9,14-15H,6-7H2,1-2H3,(H,13,16). The fourth-order valence-electron chi connectivity index (χ4n) is 1.39. The monoisotopic (exact) mass is 239 g/mol. The van der Waals surface area contributed by atoms with Gasteiger partial charge in [-0.05, 0) is 24.6 Å². The van der Waals surface area contributed by atoms with Gasteiger partial charge in [0, 0.05) is 13.7 Å². The van der Waals surface area contributed by atoms with Crippen LogP contribution in [0.15, 0.2) is 18.2 Å². The maximum absolute atomic E-state index is 11.7. The first-order valence-corrected chi connectivity index (χ1v) is 5.29. The second-order valence-electron chi connectivity index (χ2n) is 3.84. The van der Waals surface area contributed by atoms with Gasteiger partial charge in [-0.3, -0.25) is 4.79 Å². The number of phenols is 1. The minimum Gasteiger partial charge on any atom is -0.507 e. The third-order valence-electron chi connectivity index (χ3n) is 2.26. The number of nitrogens with one attached hydrogen (secondary N) is 1. The molecule has 0 bridgehead atoms. The molecule has 1 atom stereocenters. The first kappa shape index (κ1) is 13.5. The summed E-state index contributed by atoms with van der Waals surface area (Å²) in [5, 5.41) is 21.5. The zero-order valence-corrected chi connectivity index (χ0v) is 9.93. The zero-order valence-electron chi connectivity index (χ0n) is 9.93. The predicted octanol–water partition coefficient (Wildman–Crippen LogP) is 0.438. The van der Waals surface area contributed by atoms with Crippen LogP contribution < -0.4 is 5.32 Å². The number of ether oxygens (including phenoxy) is 1. The number of hydrogen-bond donors (Lipinski definition) is 3. The summed E-state index contributed by atoms with van der Waals surface area (Å²) in [5.74, 6) is -0.485. The Hall–Kier alpha value is -1.59. The van der Waals surface area contributed by atoms with Gasteiger partial charge >= 0.3 is 0 Å². The van der Waals surface area contributed by atoms with Crippen molar-refractivity contribution in [1.82, 2.24) is 5.32 Å². The van der Waals surface area contributed by atoms with Crippen LogP contribution in [-0.2, 0) is 4.74 Å². The lowest BCUT2D eigenvalue weighted by Crippen LogP contribution is -2.34. The van der Waals surface area contributed by atoms with E-state index in [1.54, 1.807) is 12.1 Å². The van der Waals surface area contributed by atoms with Crippen LogP contribution in [0.3, 0.4) is 0 Å². The molecule has 0 spiro atoms. The van der Waals surface area contributed by atoms with Crippen molar-refractivity contribution in [1.29, 1.82) is 0 Å². The van der Waals surface area contributed by atoms with Crippen LogP contribution in [0.5, 0.6) is 5.75 Å². The van der Waals surface area contributed by atoms with Crippen LogP contribution in [0, 0.1) is 6.92 Å². The van der Waals surface area contributed by atoms with Crippen LogP contribution in [-0.4, -0.2) is 42.5 Å². The number of amides is 1. The van der Waals surface area contributed by atoms with Crippen molar-refractivity contribution >= 4 is 5.91 Å². The predicted molar refractivity (Wildman–Crippen MR) is 63.1 cm³/mol. The number of benzene rings is 1. The summed E-state index contributed by atoms with van der Waals surface area (Å²) in [6.45, 7) is 2.06. The van der Waals surface area contributed by atoms with Crippen LogP contribution in [0.2, 0.25) is 0 Å². The SMILES string of the molecule is COCC(O)CNC(=O)c1ccc(C)cc1O. The molecule has 1 amide bonds. The fourth-order valence-corrected chi connectivity index (χ4v) is 1.39. The Morgan fingerprint density at radius 1 is 1.53 bits per heavy atom. The van der Waals surface area contributed by atoms with E-state index in [0.717, 1.165) is 5.56 Å². The molecule has 0 aliphatic heterocycles. The summed E-state index contributed by atoms with van der Waals surface area (Å²) in [6, 6.07) is 4.80. The summed E-state index contributed by atoms with van der Waals surface area (Å²) in [7, 11) is 1.47. The number of carbonyl (C=O) groups is 1. The van der Waals surface area contributed by atoms with E-state index in [1.807, 2.05) is 6.92 Å². The van der Waals surface area contributed by atoms with Gasteiger partial charge in [-0.1, -0.05) is 6.07 Å².